The summed E-state index contributed by atoms with van der Waals surface area (Å²) in [4.78, 5) is 14.3. The van der Waals surface area contributed by atoms with E-state index in [0.29, 0.717) is 22.8 Å². The minimum absolute atomic E-state index is 0.0182. The second-order valence-electron chi connectivity index (χ2n) is 6.38. The lowest BCUT2D eigenvalue weighted by Gasteiger charge is -2.38. The van der Waals surface area contributed by atoms with Crippen LogP contribution in [0.4, 0.5) is 5.82 Å². The normalized spacial score (nSPS) is 19.4. The van der Waals surface area contributed by atoms with Gasteiger partial charge in [0.25, 0.3) is 5.91 Å². The molecule has 106 valence electrons. The quantitative estimate of drug-likeness (QED) is 0.889. The summed E-state index contributed by atoms with van der Waals surface area (Å²) in [5, 5.41) is 4.03. The van der Waals surface area contributed by atoms with Crippen LogP contribution in [-0.2, 0) is 7.05 Å². The maximum Gasteiger partial charge on any atom is 0.259 e. The van der Waals surface area contributed by atoms with Crippen molar-refractivity contribution in [2.75, 3.05) is 12.8 Å². The first-order valence-electron chi connectivity index (χ1n) is 6.86. The van der Waals surface area contributed by atoms with Crippen molar-refractivity contribution in [3.63, 3.8) is 0 Å². The number of nitrogens with two attached hydrogens (primary N) is 1. The molecule has 0 aromatic carbocycles. The van der Waals surface area contributed by atoms with Crippen molar-refractivity contribution < 1.29 is 4.79 Å². The van der Waals surface area contributed by atoms with Crippen LogP contribution in [0.15, 0.2) is 6.20 Å². The summed E-state index contributed by atoms with van der Waals surface area (Å²) < 4.78 is 1.53. The van der Waals surface area contributed by atoms with Crippen LogP contribution in [0.1, 0.15) is 49.9 Å². The SMILES string of the molecule is CN(C(=O)c1cnn(C)c1N)C1CCC(C)(C)CC1. The average Bonchev–Trinajstić information content (AvgIpc) is 2.68. The fourth-order valence-corrected chi connectivity index (χ4v) is 2.74. The van der Waals surface area contributed by atoms with Crippen molar-refractivity contribution in [1.82, 2.24) is 14.7 Å². The maximum absolute atomic E-state index is 12.4. The molecule has 0 radical (unpaired) electrons. The Hall–Kier alpha value is -1.52. The van der Waals surface area contributed by atoms with Crippen molar-refractivity contribution >= 4 is 11.7 Å². The molecule has 1 aromatic rings. The minimum atomic E-state index is -0.0182. The Kier molecular flexibility index (Phi) is 3.56. The van der Waals surface area contributed by atoms with Crippen molar-refractivity contribution in [2.24, 2.45) is 12.5 Å². The van der Waals surface area contributed by atoms with Gasteiger partial charge in [-0.05, 0) is 31.1 Å². The van der Waals surface area contributed by atoms with E-state index in [1.807, 2.05) is 11.9 Å². The number of carbonyl (C=O) groups is 1. The summed E-state index contributed by atoms with van der Waals surface area (Å²) in [6.45, 7) is 4.59. The molecule has 0 bridgehead atoms. The number of rotatable bonds is 2. The zero-order valence-electron chi connectivity index (χ0n) is 12.3. The number of amides is 1. The highest BCUT2D eigenvalue weighted by atomic mass is 16.2. The molecule has 2 rings (SSSR count). The van der Waals surface area contributed by atoms with E-state index in [9.17, 15) is 4.79 Å². The molecular weight excluding hydrogens is 240 g/mol. The van der Waals surface area contributed by atoms with Crippen LogP contribution in [-0.4, -0.2) is 33.7 Å². The second kappa shape index (κ2) is 4.87. The van der Waals surface area contributed by atoms with Gasteiger partial charge in [-0.1, -0.05) is 13.8 Å². The Morgan fingerprint density at radius 1 is 1.47 bits per heavy atom. The minimum Gasteiger partial charge on any atom is -0.383 e. The van der Waals surface area contributed by atoms with Crippen molar-refractivity contribution in [1.29, 1.82) is 0 Å². The van der Waals surface area contributed by atoms with Gasteiger partial charge in [-0.25, -0.2) is 0 Å². The summed E-state index contributed by atoms with van der Waals surface area (Å²) in [5.41, 5.74) is 6.79. The van der Waals surface area contributed by atoms with Gasteiger partial charge in [-0.2, -0.15) is 5.10 Å². The maximum atomic E-state index is 12.4. The number of nitrogen functional groups attached to an aromatic ring is 1. The first-order chi connectivity index (χ1) is 8.82. The summed E-state index contributed by atoms with van der Waals surface area (Å²) >= 11 is 0. The van der Waals surface area contributed by atoms with E-state index in [1.54, 1.807) is 13.2 Å². The predicted octanol–water partition coefficient (Wildman–Crippen LogP) is 2.04. The van der Waals surface area contributed by atoms with Crippen molar-refractivity contribution in [2.45, 2.75) is 45.6 Å². The molecule has 1 fully saturated rings. The van der Waals surface area contributed by atoms with Gasteiger partial charge < -0.3 is 10.6 Å². The van der Waals surface area contributed by atoms with Gasteiger partial charge in [0.2, 0.25) is 0 Å². The van der Waals surface area contributed by atoms with E-state index < -0.39 is 0 Å². The highest BCUT2D eigenvalue weighted by Gasteiger charge is 2.31. The molecule has 1 saturated carbocycles. The Balaban J connectivity index is 2.06. The zero-order chi connectivity index (χ0) is 14.2. The van der Waals surface area contributed by atoms with Crippen molar-refractivity contribution in [3.8, 4) is 0 Å². The third kappa shape index (κ3) is 2.74. The number of anilines is 1. The summed E-state index contributed by atoms with van der Waals surface area (Å²) in [6, 6.07) is 0.320. The van der Waals surface area contributed by atoms with E-state index in [4.69, 9.17) is 5.73 Å². The fraction of sp³-hybridized carbons (Fsp3) is 0.714. The molecule has 1 aliphatic rings. The van der Waals surface area contributed by atoms with Gasteiger partial charge in [0.15, 0.2) is 0 Å². The lowest BCUT2D eigenvalue weighted by molar-refractivity contribution is 0.0636. The molecule has 0 atom stereocenters. The Bertz CT molecular complexity index is 468. The number of aromatic nitrogens is 2. The first-order valence-corrected chi connectivity index (χ1v) is 6.86. The number of carbonyl (C=O) groups excluding carboxylic acids is 1. The number of aryl methyl sites for hydroxylation is 1. The Morgan fingerprint density at radius 3 is 2.53 bits per heavy atom. The van der Waals surface area contributed by atoms with Crippen molar-refractivity contribution in [3.05, 3.63) is 11.8 Å². The predicted molar refractivity (Wildman–Crippen MR) is 75.8 cm³/mol. The molecule has 5 nitrogen and oxygen atoms in total. The number of nitrogens with zero attached hydrogens (tertiary/aromatic N) is 3. The molecule has 0 spiro atoms. The third-order valence-electron chi connectivity index (χ3n) is 4.39. The fourth-order valence-electron chi connectivity index (χ4n) is 2.74. The van der Waals surface area contributed by atoms with Gasteiger partial charge >= 0.3 is 0 Å². The van der Waals surface area contributed by atoms with E-state index in [-0.39, 0.29) is 5.91 Å². The Morgan fingerprint density at radius 2 is 2.05 bits per heavy atom. The molecule has 5 heteroatoms. The third-order valence-corrected chi connectivity index (χ3v) is 4.39. The number of hydrogen-bond acceptors (Lipinski definition) is 3. The molecule has 19 heavy (non-hydrogen) atoms. The van der Waals surface area contributed by atoms with Gasteiger partial charge in [-0.3, -0.25) is 9.48 Å². The molecule has 0 unspecified atom stereocenters. The van der Waals surface area contributed by atoms with E-state index in [2.05, 4.69) is 18.9 Å². The Labute approximate surface area is 114 Å². The van der Waals surface area contributed by atoms with Crippen LogP contribution in [0.3, 0.4) is 0 Å². The van der Waals surface area contributed by atoms with Crippen LogP contribution >= 0.6 is 0 Å². The lowest BCUT2D eigenvalue weighted by Crippen LogP contribution is -2.41. The zero-order valence-corrected chi connectivity index (χ0v) is 12.3. The van der Waals surface area contributed by atoms with Gasteiger partial charge in [-0.15, -0.1) is 0 Å². The smallest absolute Gasteiger partial charge is 0.259 e. The topological polar surface area (TPSA) is 64.2 Å². The molecule has 0 aliphatic heterocycles. The van der Waals surface area contributed by atoms with Gasteiger partial charge in [0.05, 0.1) is 6.20 Å². The highest BCUT2D eigenvalue weighted by Crippen LogP contribution is 2.37. The highest BCUT2D eigenvalue weighted by molar-refractivity contribution is 5.98. The first kappa shape index (κ1) is 13.9. The summed E-state index contributed by atoms with van der Waals surface area (Å²) in [7, 11) is 3.62. The average molecular weight is 264 g/mol. The van der Waals surface area contributed by atoms with Crippen LogP contribution in [0.25, 0.3) is 0 Å². The lowest BCUT2D eigenvalue weighted by atomic mass is 9.75. The molecule has 1 amide bonds. The molecular formula is C14H24N4O. The molecule has 2 N–H and O–H groups in total. The van der Waals surface area contributed by atoms with Gasteiger partial charge in [0, 0.05) is 20.1 Å². The van der Waals surface area contributed by atoms with Gasteiger partial charge in [0.1, 0.15) is 11.4 Å². The standard InChI is InChI=1S/C14H24N4O/c1-14(2)7-5-10(6-8-14)17(3)13(19)11-9-16-18(4)12(11)15/h9-10H,5-8,15H2,1-4H3. The second-order valence-corrected chi connectivity index (χ2v) is 6.38. The van der Waals surface area contributed by atoms with Crippen LogP contribution in [0.5, 0.6) is 0 Å². The monoisotopic (exact) mass is 264 g/mol. The van der Waals surface area contributed by atoms with E-state index in [0.717, 1.165) is 25.7 Å². The summed E-state index contributed by atoms with van der Waals surface area (Å²) in [6.07, 6.45) is 6.02. The molecule has 1 aromatic heterocycles. The van der Waals surface area contributed by atoms with E-state index in [1.165, 1.54) is 4.68 Å². The van der Waals surface area contributed by atoms with Crippen LogP contribution in [0, 0.1) is 5.41 Å². The molecule has 1 aliphatic carbocycles. The molecule has 0 saturated heterocycles. The largest absolute Gasteiger partial charge is 0.383 e. The molecule has 1 heterocycles. The van der Waals surface area contributed by atoms with Crippen LogP contribution in [0.2, 0.25) is 0 Å². The van der Waals surface area contributed by atoms with Crippen LogP contribution < -0.4 is 5.73 Å². The summed E-state index contributed by atoms with van der Waals surface area (Å²) in [5.74, 6) is 0.420. The van der Waals surface area contributed by atoms with E-state index >= 15 is 0 Å². The number of hydrogen-bond donors (Lipinski definition) is 1.